The van der Waals surface area contributed by atoms with Crippen LogP contribution in [0, 0.1) is 12.3 Å². The molecule has 0 aromatic carbocycles. The van der Waals surface area contributed by atoms with Crippen LogP contribution < -0.4 is 10.6 Å². The lowest BCUT2D eigenvalue weighted by molar-refractivity contribution is 0.00935. The second kappa shape index (κ2) is 23.0. The number of terminal acetylenes is 1. The summed E-state index contributed by atoms with van der Waals surface area (Å²) in [5.41, 5.74) is 0. The van der Waals surface area contributed by atoms with Crippen molar-refractivity contribution in [3.8, 4) is 12.3 Å². The molecule has 33 heavy (non-hydrogen) atoms. The van der Waals surface area contributed by atoms with E-state index in [-0.39, 0.29) is 0 Å². The Morgan fingerprint density at radius 2 is 1.27 bits per heavy atom. The number of hydrogen-bond acceptors (Lipinski definition) is 9. The van der Waals surface area contributed by atoms with E-state index in [4.69, 9.17) is 30.1 Å². The van der Waals surface area contributed by atoms with Crippen molar-refractivity contribution in [3.63, 3.8) is 0 Å². The van der Waals surface area contributed by atoms with Crippen molar-refractivity contribution < 1.29 is 23.7 Å². The monoisotopic (exact) mass is 472 g/mol. The van der Waals surface area contributed by atoms with Crippen molar-refractivity contribution in [2.24, 2.45) is 0 Å². The van der Waals surface area contributed by atoms with E-state index in [1.165, 1.54) is 12.8 Å². The summed E-state index contributed by atoms with van der Waals surface area (Å²) in [7, 11) is 3.90. The smallest absolute Gasteiger partial charge is 0.107 e. The summed E-state index contributed by atoms with van der Waals surface area (Å²) in [6.45, 7) is 13.3. The van der Waals surface area contributed by atoms with Gasteiger partial charge in [0.05, 0.1) is 59.5 Å². The molecule has 0 radical (unpaired) electrons. The highest BCUT2D eigenvalue weighted by Gasteiger charge is 2.24. The summed E-state index contributed by atoms with van der Waals surface area (Å²) in [4.78, 5) is 5.05. The van der Waals surface area contributed by atoms with E-state index in [1.807, 2.05) is 14.1 Å². The molecule has 0 bridgehead atoms. The molecule has 1 aliphatic rings. The van der Waals surface area contributed by atoms with Gasteiger partial charge in [0.15, 0.2) is 0 Å². The lowest BCUT2D eigenvalue weighted by atomic mass is 10.0. The topological polar surface area (TPSA) is 76.7 Å². The SMILES string of the molecule is C#CCOCCOCCOCCN1CCC(N(CCOCCNC)CCOCCNC)CC1. The average molecular weight is 473 g/mol. The quantitative estimate of drug-likeness (QED) is 0.157. The molecule has 0 aromatic heterocycles. The molecule has 0 aliphatic carbocycles. The number of piperidine rings is 1. The number of hydrogen-bond donors (Lipinski definition) is 2. The van der Waals surface area contributed by atoms with Crippen LogP contribution in [0.3, 0.4) is 0 Å². The van der Waals surface area contributed by atoms with E-state index in [1.54, 1.807) is 0 Å². The molecule has 9 nitrogen and oxygen atoms in total. The van der Waals surface area contributed by atoms with Crippen molar-refractivity contribution in [1.29, 1.82) is 0 Å². The molecule has 1 fully saturated rings. The highest BCUT2D eigenvalue weighted by molar-refractivity contribution is 4.82. The normalized spacial score (nSPS) is 15.3. The molecule has 2 N–H and O–H groups in total. The average Bonchev–Trinajstić information content (AvgIpc) is 2.84. The van der Waals surface area contributed by atoms with Gasteiger partial charge in [0.25, 0.3) is 0 Å². The van der Waals surface area contributed by atoms with Crippen molar-refractivity contribution in [2.75, 3.05) is 126 Å². The first-order chi connectivity index (χ1) is 16.3. The number of rotatable bonds is 23. The van der Waals surface area contributed by atoms with Crippen molar-refractivity contribution in [1.82, 2.24) is 20.4 Å². The van der Waals surface area contributed by atoms with Gasteiger partial charge in [0.2, 0.25) is 0 Å². The van der Waals surface area contributed by atoms with Crippen molar-refractivity contribution in [2.45, 2.75) is 18.9 Å². The van der Waals surface area contributed by atoms with Crippen molar-refractivity contribution >= 4 is 0 Å². The van der Waals surface area contributed by atoms with Gasteiger partial charge < -0.3 is 39.2 Å². The predicted molar refractivity (Wildman–Crippen MR) is 132 cm³/mol. The number of likely N-dealkylation sites (tertiary alicyclic amines) is 1. The largest absolute Gasteiger partial charge is 0.379 e. The third-order valence-electron chi connectivity index (χ3n) is 5.59. The summed E-state index contributed by atoms with van der Waals surface area (Å²) in [5.74, 6) is 2.43. The van der Waals surface area contributed by atoms with E-state index in [9.17, 15) is 0 Å². The lowest BCUT2D eigenvalue weighted by Crippen LogP contribution is -2.47. The molecule has 0 atom stereocenters. The van der Waals surface area contributed by atoms with Crippen LogP contribution in [0.1, 0.15) is 12.8 Å². The Bertz CT molecular complexity index is 445. The maximum Gasteiger partial charge on any atom is 0.107 e. The van der Waals surface area contributed by atoms with Crippen LogP contribution in [-0.4, -0.2) is 142 Å². The molecule has 0 unspecified atom stereocenters. The Hall–Kier alpha value is -0.800. The molecule has 1 saturated heterocycles. The van der Waals surface area contributed by atoms with Crippen LogP contribution in [0.25, 0.3) is 0 Å². The molecule has 0 amide bonds. The Kier molecular flexibility index (Phi) is 21.0. The molecule has 1 aliphatic heterocycles. The lowest BCUT2D eigenvalue weighted by Gasteiger charge is -2.38. The minimum atomic E-state index is 0.337. The maximum atomic E-state index is 5.77. The standard InChI is InChI=1S/C24H48N4O5/c1-4-14-29-20-22-33-23-21-32-17-11-27-9-5-24(6-10-27)28(12-18-30-15-7-25-2)13-19-31-16-8-26-3/h1,24-26H,5-23H2,2-3H3. The number of likely N-dealkylation sites (N-methyl/N-ethyl adjacent to an activating group) is 2. The summed E-state index contributed by atoms with van der Waals surface area (Å²) < 4.78 is 27.9. The maximum absolute atomic E-state index is 5.77. The molecule has 0 aromatic rings. The van der Waals surface area contributed by atoms with Gasteiger partial charge in [-0.25, -0.2) is 0 Å². The summed E-state index contributed by atoms with van der Waals surface area (Å²) in [5, 5.41) is 6.24. The van der Waals surface area contributed by atoms with Gasteiger partial charge in [-0.1, -0.05) is 5.92 Å². The van der Waals surface area contributed by atoms with Crippen LogP contribution in [0.4, 0.5) is 0 Å². The van der Waals surface area contributed by atoms with Crippen LogP contribution >= 0.6 is 0 Å². The second-order valence-electron chi connectivity index (χ2n) is 8.02. The van der Waals surface area contributed by atoms with Gasteiger partial charge in [0, 0.05) is 38.8 Å². The molecule has 0 spiro atoms. The summed E-state index contributed by atoms with van der Waals surface area (Å²) in [6.07, 6.45) is 7.47. The van der Waals surface area contributed by atoms with E-state index in [0.29, 0.717) is 39.1 Å². The number of nitrogens with one attached hydrogen (secondary N) is 2. The highest BCUT2D eigenvalue weighted by atomic mass is 16.5. The van der Waals surface area contributed by atoms with Gasteiger partial charge in [-0.3, -0.25) is 4.90 Å². The van der Waals surface area contributed by atoms with Gasteiger partial charge in [0.1, 0.15) is 6.61 Å². The zero-order valence-corrected chi connectivity index (χ0v) is 21.0. The van der Waals surface area contributed by atoms with E-state index < -0.39 is 0 Å². The zero-order valence-electron chi connectivity index (χ0n) is 21.0. The minimum absolute atomic E-state index is 0.337. The van der Waals surface area contributed by atoms with Gasteiger partial charge in [-0.2, -0.15) is 0 Å². The third kappa shape index (κ3) is 17.3. The van der Waals surface area contributed by atoms with Gasteiger partial charge in [-0.15, -0.1) is 6.42 Å². The first-order valence-corrected chi connectivity index (χ1v) is 12.4. The summed E-state index contributed by atoms with van der Waals surface area (Å²) in [6, 6.07) is 0.591. The first kappa shape index (κ1) is 30.2. The van der Waals surface area contributed by atoms with E-state index in [0.717, 1.165) is 78.8 Å². The predicted octanol–water partition coefficient (Wildman–Crippen LogP) is -0.0922. The highest BCUT2D eigenvalue weighted by Crippen LogP contribution is 2.16. The molecule has 1 rings (SSSR count). The Morgan fingerprint density at radius 3 is 1.82 bits per heavy atom. The second-order valence-corrected chi connectivity index (χ2v) is 8.02. The van der Waals surface area contributed by atoms with E-state index >= 15 is 0 Å². The first-order valence-electron chi connectivity index (χ1n) is 12.4. The third-order valence-corrected chi connectivity index (χ3v) is 5.59. The van der Waals surface area contributed by atoms with Crippen LogP contribution in [0.5, 0.6) is 0 Å². The van der Waals surface area contributed by atoms with Crippen LogP contribution in [0.2, 0.25) is 0 Å². The van der Waals surface area contributed by atoms with Gasteiger partial charge in [-0.05, 0) is 40.0 Å². The van der Waals surface area contributed by atoms with Crippen LogP contribution in [-0.2, 0) is 23.7 Å². The molecular weight excluding hydrogens is 424 g/mol. The Labute approximate surface area is 201 Å². The number of nitrogens with zero attached hydrogens (tertiary/aromatic N) is 2. The molecule has 1 heterocycles. The fourth-order valence-corrected chi connectivity index (χ4v) is 3.67. The zero-order chi connectivity index (χ0) is 23.8. The fraction of sp³-hybridized carbons (Fsp3) is 0.917. The van der Waals surface area contributed by atoms with Crippen molar-refractivity contribution in [3.05, 3.63) is 0 Å². The van der Waals surface area contributed by atoms with E-state index in [2.05, 4.69) is 26.4 Å². The molecular formula is C24H48N4O5. The minimum Gasteiger partial charge on any atom is -0.379 e. The number of ether oxygens (including phenoxy) is 5. The molecule has 194 valence electrons. The molecule has 9 heteroatoms. The fourth-order valence-electron chi connectivity index (χ4n) is 3.67. The Morgan fingerprint density at radius 1 is 0.758 bits per heavy atom. The molecule has 0 saturated carbocycles. The Balaban J connectivity index is 2.15. The van der Waals surface area contributed by atoms with Gasteiger partial charge >= 0.3 is 0 Å². The van der Waals surface area contributed by atoms with Crippen LogP contribution in [0.15, 0.2) is 0 Å². The summed E-state index contributed by atoms with van der Waals surface area (Å²) >= 11 is 0.